The summed E-state index contributed by atoms with van der Waals surface area (Å²) >= 11 is 3.42. The molecule has 1 aromatic carbocycles. The second-order valence-electron chi connectivity index (χ2n) is 12.1. The van der Waals surface area contributed by atoms with E-state index in [1.165, 1.54) is 6.92 Å². The van der Waals surface area contributed by atoms with Crippen molar-refractivity contribution in [2.75, 3.05) is 5.32 Å². The van der Waals surface area contributed by atoms with E-state index in [1.54, 1.807) is 22.0 Å². The maximum atomic E-state index is 13.9. The Morgan fingerprint density at radius 1 is 1.09 bits per heavy atom. The van der Waals surface area contributed by atoms with Gasteiger partial charge in [0.2, 0.25) is 11.8 Å². The van der Waals surface area contributed by atoms with Crippen LogP contribution in [0.2, 0.25) is 0 Å². The topological polar surface area (TPSA) is 143 Å². The van der Waals surface area contributed by atoms with Crippen LogP contribution >= 0.6 is 15.9 Å². The van der Waals surface area contributed by atoms with Crippen LogP contribution < -0.4 is 5.32 Å². The highest BCUT2D eigenvalue weighted by atomic mass is 79.9. The summed E-state index contributed by atoms with van der Waals surface area (Å²) < 4.78 is 2.20. The summed E-state index contributed by atoms with van der Waals surface area (Å²) in [5.74, 6) is 0.602. The third-order valence-corrected chi connectivity index (χ3v) is 9.37. The number of Topliss-reactive ketones (excluding diaryl/α,β-unsaturated/α-hetero) is 1. The van der Waals surface area contributed by atoms with Crippen LogP contribution in [-0.4, -0.2) is 64.4 Å². The molecule has 2 amide bonds. The lowest BCUT2D eigenvalue weighted by Gasteiger charge is -2.27. The Kier molecular flexibility index (Phi) is 6.66. The number of piperidine rings is 1. The lowest BCUT2D eigenvalue weighted by molar-refractivity contribution is -0.138. The Morgan fingerprint density at radius 3 is 2.56 bits per heavy atom. The summed E-state index contributed by atoms with van der Waals surface area (Å²) in [6, 6.07) is 8.77. The van der Waals surface area contributed by atoms with Gasteiger partial charge in [-0.05, 0) is 82.3 Å². The highest BCUT2D eigenvalue weighted by Gasteiger charge is 2.64. The van der Waals surface area contributed by atoms with Crippen molar-refractivity contribution in [1.29, 1.82) is 0 Å². The number of anilines is 1. The van der Waals surface area contributed by atoms with Crippen molar-refractivity contribution in [1.82, 2.24) is 29.6 Å². The molecule has 11 nitrogen and oxygen atoms in total. The van der Waals surface area contributed by atoms with Crippen LogP contribution in [0.15, 0.2) is 47.3 Å². The third-order valence-electron chi connectivity index (χ3n) is 8.93. The van der Waals surface area contributed by atoms with Crippen LogP contribution in [0.4, 0.5) is 5.82 Å². The number of hydrogen-bond donors (Lipinski definition) is 2. The number of ketones is 1. The van der Waals surface area contributed by atoms with Crippen molar-refractivity contribution in [3.63, 3.8) is 0 Å². The number of rotatable bonds is 8. The molecule has 1 saturated heterocycles. The summed E-state index contributed by atoms with van der Waals surface area (Å²) in [6.45, 7) is 3.21. The van der Waals surface area contributed by atoms with Gasteiger partial charge in [0.25, 0.3) is 0 Å². The standard InChI is InChI=1S/C31H30BrN7O4/c1-16(41)28-21-9-18(19-12-33-26(15-40)34-13-19)5-7-22(21)38(37-28)14-27(42)39-23(10-31(2)11-24(31)39)30(43)36-29-20(17-3-4-17)6-8-25(32)35-29/h5-9,12-13,17,23-24,40H,3-4,10-11,14-15H2,1-2H3,(H,35,36,43)/t23-,24+,31-/m0/s1. The van der Waals surface area contributed by atoms with Gasteiger partial charge in [-0.1, -0.05) is 19.1 Å². The molecule has 3 aliphatic rings. The first-order valence-electron chi connectivity index (χ1n) is 14.4. The average molecular weight is 645 g/mol. The summed E-state index contributed by atoms with van der Waals surface area (Å²) in [5.41, 5.74) is 3.34. The van der Waals surface area contributed by atoms with Gasteiger partial charge in [-0.15, -0.1) is 0 Å². The molecule has 0 radical (unpaired) electrons. The number of hydrogen-bond acceptors (Lipinski definition) is 8. The van der Waals surface area contributed by atoms with E-state index in [-0.39, 0.29) is 47.9 Å². The van der Waals surface area contributed by atoms with Gasteiger partial charge in [0, 0.05) is 36.3 Å². The maximum absolute atomic E-state index is 13.9. The molecule has 0 spiro atoms. The fourth-order valence-corrected chi connectivity index (χ4v) is 6.67. The Labute approximate surface area is 255 Å². The highest BCUT2D eigenvalue weighted by Crippen LogP contribution is 2.59. The van der Waals surface area contributed by atoms with Gasteiger partial charge in [-0.2, -0.15) is 5.10 Å². The lowest BCUT2D eigenvalue weighted by atomic mass is 10.0. The molecule has 3 aromatic heterocycles. The largest absolute Gasteiger partial charge is 0.388 e. The van der Waals surface area contributed by atoms with Crippen molar-refractivity contribution in [3.05, 3.63) is 64.4 Å². The first kappa shape index (κ1) is 27.8. The predicted molar refractivity (Wildman–Crippen MR) is 161 cm³/mol. The van der Waals surface area contributed by atoms with Crippen molar-refractivity contribution in [2.24, 2.45) is 5.41 Å². The highest BCUT2D eigenvalue weighted by molar-refractivity contribution is 9.10. The number of nitrogens with one attached hydrogen (secondary N) is 1. The smallest absolute Gasteiger partial charge is 0.248 e. The molecular weight excluding hydrogens is 614 g/mol. The van der Waals surface area contributed by atoms with Gasteiger partial charge >= 0.3 is 0 Å². The normalized spacial score (nSPS) is 22.5. The minimum Gasteiger partial charge on any atom is -0.388 e. The monoisotopic (exact) mass is 643 g/mol. The number of aliphatic hydroxyl groups excluding tert-OH is 1. The number of halogens is 1. The molecule has 7 rings (SSSR count). The van der Waals surface area contributed by atoms with Gasteiger partial charge in [0.1, 0.15) is 35.3 Å². The number of likely N-dealkylation sites (tertiary alicyclic amines) is 1. The number of pyridine rings is 1. The lowest BCUT2D eigenvalue weighted by Crippen LogP contribution is -2.47. The van der Waals surface area contributed by atoms with Gasteiger partial charge < -0.3 is 15.3 Å². The van der Waals surface area contributed by atoms with Gasteiger partial charge in [0.05, 0.1) is 5.52 Å². The SMILES string of the molecule is CC(=O)c1nn(CC(=O)N2[C@H](C(=O)Nc3nc(Br)ccc3C3CC3)C[C@@]3(C)C[C@@H]23)c2ccc(-c3cnc(CO)nc3)cc12. The Hall–Kier alpha value is -4.03. The average Bonchev–Trinajstić information content (AvgIpc) is 3.89. The molecule has 4 heterocycles. The number of nitrogens with zero attached hydrogens (tertiary/aromatic N) is 6. The molecule has 2 saturated carbocycles. The Bertz CT molecular complexity index is 1800. The summed E-state index contributed by atoms with van der Waals surface area (Å²) in [6.07, 6.45) is 6.82. The van der Waals surface area contributed by atoms with E-state index in [9.17, 15) is 19.5 Å². The number of carbonyl (C=O) groups is 3. The second-order valence-corrected chi connectivity index (χ2v) is 12.9. The molecule has 2 aliphatic carbocycles. The van der Waals surface area contributed by atoms with E-state index in [0.717, 1.165) is 36.0 Å². The fourth-order valence-electron chi connectivity index (χ4n) is 6.36. The van der Waals surface area contributed by atoms with Crippen molar-refractivity contribution in [3.8, 4) is 11.1 Å². The van der Waals surface area contributed by atoms with Crippen LogP contribution in [0.3, 0.4) is 0 Å². The summed E-state index contributed by atoms with van der Waals surface area (Å²) in [4.78, 5) is 54.7. The predicted octanol–water partition coefficient (Wildman–Crippen LogP) is 4.24. The zero-order chi connectivity index (χ0) is 30.0. The van der Waals surface area contributed by atoms with E-state index in [2.05, 4.69) is 48.2 Å². The van der Waals surface area contributed by atoms with Crippen molar-refractivity contribution in [2.45, 2.75) is 70.7 Å². The zero-order valence-corrected chi connectivity index (χ0v) is 25.3. The molecule has 3 atom stereocenters. The molecule has 0 unspecified atom stereocenters. The number of aromatic nitrogens is 5. The van der Waals surface area contributed by atoms with E-state index >= 15 is 0 Å². The number of carbonyl (C=O) groups excluding carboxylic acids is 3. The molecule has 43 heavy (non-hydrogen) atoms. The quantitative estimate of drug-likeness (QED) is 0.214. The second kappa shape index (κ2) is 10.3. The maximum Gasteiger partial charge on any atom is 0.248 e. The molecule has 12 heteroatoms. The van der Waals surface area contributed by atoms with Crippen molar-refractivity contribution >= 4 is 50.2 Å². The molecule has 4 aromatic rings. The minimum atomic E-state index is -0.619. The van der Waals surface area contributed by atoms with Crippen molar-refractivity contribution < 1.29 is 19.5 Å². The van der Waals surface area contributed by atoms with E-state index < -0.39 is 6.04 Å². The van der Waals surface area contributed by atoms with E-state index in [1.807, 2.05) is 30.3 Å². The number of fused-ring (bicyclic) bond motifs is 2. The Balaban J connectivity index is 1.16. The van der Waals surface area contributed by atoms with Crippen LogP contribution in [0.25, 0.3) is 22.0 Å². The minimum absolute atomic E-state index is 0.0169. The van der Waals surface area contributed by atoms with Gasteiger partial charge in [-0.3, -0.25) is 19.1 Å². The van der Waals surface area contributed by atoms with Crippen LogP contribution in [0, 0.1) is 5.41 Å². The van der Waals surface area contributed by atoms with Crippen LogP contribution in [-0.2, 0) is 22.7 Å². The van der Waals surface area contributed by atoms with E-state index in [0.29, 0.717) is 39.5 Å². The number of aliphatic hydroxyl groups is 1. The number of amides is 2. The number of benzene rings is 1. The molecule has 220 valence electrons. The molecule has 0 bridgehead atoms. The Morgan fingerprint density at radius 2 is 1.86 bits per heavy atom. The molecule has 1 aliphatic heterocycles. The molecular formula is C31H30BrN7O4. The van der Waals surface area contributed by atoms with Crippen LogP contribution in [0.1, 0.15) is 67.3 Å². The zero-order valence-electron chi connectivity index (χ0n) is 23.7. The fraction of sp³-hybridized carbons (Fsp3) is 0.387. The van der Waals surface area contributed by atoms with E-state index in [4.69, 9.17) is 0 Å². The van der Waals surface area contributed by atoms with Gasteiger partial charge in [0.15, 0.2) is 11.6 Å². The first-order chi connectivity index (χ1) is 20.6. The molecule has 3 fully saturated rings. The summed E-state index contributed by atoms with van der Waals surface area (Å²) in [5, 5.41) is 17.4. The third kappa shape index (κ3) is 5.02. The van der Waals surface area contributed by atoms with Gasteiger partial charge in [-0.25, -0.2) is 15.0 Å². The first-order valence-corrected chi connectivity index (χ1v) is 15.2. The van der Waals surface area contributed by atoms with Crippen LogP contribution in [0.5, 0.6) is 0 Å². The molecule has 2 N–H and O–H groups in total. The summed E-state index contributed by atoms with van der Waals surface area (Å²) in [7, 11) is 0.